The van der Waals surface area contributed by atoms with Crippen molar-refractivity contribution in [3.8, 4) is 6.07 Å². The van der Waals surface area contributed by atoms with E-state index in [1.54, 1.807) is 6.92 Å². The summed E-state index contributed by atoms with van der Waals surface area (Å²) in [4.78, 5) is 0. The van der Waals surface area contributed by atoms with Gasteiger partial charge in [-0.15, -0.1) is 0 Å². The summed E-state index contributed by atoms with van der Waals surface area (Å²) in [5.41, 5.74) is 1.21. The van der Waals surface area contributed by atoms with E-state index in [1.807, 2.05) is 18.2 Å². The van der Waals surface area contributed by atoms with Crippen LogP contribution in [0.15, 0.2) is 30.3 Å². The van der Waals surface area contributed by atoms with Crippen LogP contribution in [-0.2, 0) is 0 Å². The molecule has 0 aliphatic rings. The highest BCUT2D eigenvalue weighted by Crippen LogP contribution is 2.22. The van der Waals surface area contributed by atoms with Crippen LogP contribution >= 0.6 is 0 Å². The Hall–Kier alpha value is -1.33. The molecule has 80 valence electrons. The van der Waals surface area contributed by atoms with Gasteiger partial charge in [-0.05, 0) is 24.8 Å². The molecule has 0 aromatic heterocycles. The zero-order chi connectivity index (χ0) is 11.3. The molecule has 0 spiro atoms. The monoisotopic (exact) mass is 203 g/mol. The summed E-state index contributed by atoms with van der Waals surface area (Å²) in [5, 5.41) is 18.4. The first-order chi connectivity index (χ1) is 7.15. The molecule has 2 heteroatoms. The van der Waals surface area contributed by atoms with Crippen LogP contribution in [0.3, 0.4) is 0 Å². The van der Waals surface area contributed by atoms with Crippen molar-refractivity contribution < 1.29 is 5.11 Å². The van der Waals surface area contributed by atoms with E-state index in [1.165, 1.54) is 5.56 Å². The van der Waals surface area contributed by atoms with Gasteiger partial charge in [0, 0.05) is 0 Å². The molecule has 0 saturated carbocycles. The SMILES string of the molecule is CC(CC(O)C(C)C#N)c1ccccc1. The maximum Gasteiger partial charge on any atom is 0.0701 e. The van der Waals surface area contributed by atoms with Crippen molar-refractivity contribution in [3.63, 3.8) is 0 Å². The van der Waals surface area contributed by atoms with Crippen molar-refractivity contribution in [1.29, 1.82) is 5.26 Å². The minimum absolute atomic E-state index is 0.289. The fourth-order valence-corrected chi connectivity index (χ4v) is 1.57. The van der Waals surface area contributed by atoms with Crippen LogP contribution in [0.4, 0.5) is 0 Å². The Labute approximate surface area is 91.2 Å². The molecule has 0 heterocycles. The highest BCUT2D eigenvalue weighted by Gasteiger charge is 2.17. The van der Waals surface area contributed by atoms with E-state index in [0.29, 0.717) is 6.42 Å². The van der Waals surface area contributed by atoms with Gasteiger partial charge in [0.15, 0.2) is 0 Å². The molecule has 1 rings (SSSR count). The van der Waals surface area contributed by atoms with Crippen molar-refractivity contribution in [2.75, 3.05) is 0 Å². The number of hydrogen-bond donors (Lipinski definition) is 1. The van der Waals surface area contributed by atoms with Gasteiger partial charge in [-0.25, -0.2) is 0 Å². The molecule has 3 atom stereocenters. The van der Waals surface area contributed by atoms with E-state index in [-0.39, 0.29) is 11.8 Å². The second kappa shape index (κ2) is 5.53. The lowest BCUT2D eigenvalue weighted by Gasteiger charge is -2.18. The van der Waals surface area contributed by atoms with E-state index >= 15 is 0 Å². The van der Waals surface area contributed by atoms with Crippen LogP contribution in [0.1, 0.15) is 31.7 Å². The zero-order valence-corrected chi connectivity index (χ0v) is 9.22. The first-order valence-electron chi connectivity index (χ1n) is 5.27. The molecule has 2 nitrogen and oxygen atoms in total. The van der Waals surface area contributed by atoms with Gasteiger partial charge in [-0.1, -0.05) is 37.3 Å². The molecule has 3 unspecified atom stereocenters. The van der Waals surface area contributed by atoms with Gasteiger partial charge in [0.25, 0.3) is 0 Å². The number of aliphatic hydroxyl groups excluding tert-OH is 1. The molecule has 0 fully saturated rings. The Morgan fingerprint density at radius 3 is 2.40 bits per heavy atom. The maximum atomic E-state index is 9.73. The third-order valence-electron chi connectivity index (χ3n) is 2.74. The summed E-state index contributed by atoms with van der Waals surface area (Å²) in [7, 11) is 0. The molecule has 0 amide bonds. The molecule has 0 bridgehead atoms. The van der Waals surface area contributed by atoms with E-state index in [0.717, 1.165) is 0 Å². The largest absolute Gasteiger partial charge is 0.392 e. The van der Waals surface area contributed by atoms with Crippen LogP contribution in [-0.4, -0.2) is 11.2 Å². The molecule has 1 aromatic rings. The molecule has 1 aromatic carbocycles. The quantitative estimate of drug-likeness (QED) is 0.817. The highest BCUT2D eigenvalue weighted by molar-refractivity contribution is 5.18. The average Bonchev–Trinajstić information content (AvgIpc) is 2.29. The summed E-state index contributed by atoms with van der Waals surface area (Å²) in [5.74, 6) is -0.00633. The number of nitriles is 1. The molecular formula is C13H17NO. The van der Waals surface area contributed by atoms with Crippen molar-refractivity contribution >= 4 is 0 Å². The Balaban J connectivity index is 2.57. The second-order valence-electron chi connectivity index (χ2n) is 4.03. The van der Waals surface area contributed by atoms with Crippen LogP contribution < -0.4 is 0 Å². The smallest absolute Gasteiger partial charge is 0.0701 e. The summed E-state index contributed by atoms with van der Waals surface area (Å²) in [6, 6.07) is 12.1. The summed E-state index contributed by atoms with van der Waals surface area (Å²) in [6.45, 7) is 3.82. The zero-order valence-electron chi connectivity index (χ0n) is 9.22. The maximum absolute atomic E-state index is 9.73. The standard InChI is InChI=1S/C13H17NO/c1-10(8-13(15)11(2)9-14)12-6-4-3-5-7-12/h3-7,10-11,13,15H,8H2,1-2H3. The van der Waals surface area contributed by atoms with E-state index < -0.39 is 6.10 Å². The van der Waals surface area contributed by atoms with Crippen LogP contribution in [0.25, 0.3) is 0 Å². The number of nitrogens with zero attached hydrogens (tertiary/aromatic N) is 1. The Kier molecular flexibility index (Phi) is 4.33. The lowest BCUT2D eigenvalue weighted by molar-refractivity contribution is 0.124. The Morgan fingerprint density at radius 2 is 1.87 bits per heavy atom. The van der Waals surface area contributed by atoms with Gasteiger partial charge >= 0.3 is 0 Å². The minimum atomic E-state index is -0.537. The predicted octanol–water partition coefficient (Wildman–Crippen LogP) is 2.70. The second-order valence-corrected chi connectivity index (χ2v) is 4.03. The first-order valence-corrected chi connectivity index (χ1v) is 5.27. The Bertz CT molecular complexity index is 328. The fraction of sp³-hybridized carbons (Fsp3) is 0.462. The molecule has 0 saturated heterocycles. The van der Waals surface area contributed by atoms with Crippen LogP contribution in [0, 0.1) is 17.2 Å². The van der Waals surface area contributed by atoms with Crippen molar-refractivity contribution in [2.24, 2.45) is 5.92 Å². The highest BCUT2D eigenvalue weighted by atomic mass is 16.3. The topological polar surface area (TPSA) is 44.0 Å². The van der Waals surface area contributed by atoms with E-state index in [4.69, 9.17) is 5.26 Å². The summed E-state index contributed by atoms with van der Waals surface area (Å²) in [6.07, 6.45) is 0.101. The summed E-state index contributed by atoms with van der Waals surface area (Å²) < 4.78 is 0. The predicted molar refractivity (Wildman–Crippen MR) is 60.3 cm³/mol. The fourth-order valence-electron chi connectivity index (χ4n) is 1.57. The van der Waals surface area contributed by atoms with Crippen molar-refractivity contribution in [2.45, 2.75) is 32.3 Å². The lowest BCUT2D eigenvalue weighted by Crippen LogP contribution is -2.18. The van der Waals surface area contributed by atoms with Gasteiger partial charge in [0.1, 0.15) is 0 Å². The molecular weight excluding hydrogens is 186 g/mol. The van der Waals surface area contributed by atoms with Crippen LogP contribution in [0.2, 0.25) is 0 Å². The van der Waals surface area contributed by atoms with Crippen molar-refractivity contribution in [3.05, 3.63) is 35.9 Å². The van der Waals surface area contributed by atoms with Gasteiger partial charge in [-0.3, -0.25) is 0 Å². The average molecular weight is 203 g/mol. The third-order valence-corrected chi connectivity index (χ3v) is 2.74. The molecule has 0 aliphatic heterocycles. The molecule has 15 heavy (non-hydrogen) atoms. The molecule has 0 radical (unpaired) electrons. The van der Waals surface area contributed by atoms with Crippen molar-refractivity contribution in [1.82, 2.24) is 0 Å². The van der Waals surface area contributed by atoms with Gasteiger partial charge in [0.05, 0.1) is 18.1 Å². The first kappa shape index (κ1) is 11.7. The van der Waals surface area contributed by atoms with Gasteiger partial charge < -0.3 is 5.11 Å². The van der Waals surface area contributed by atoms with Gasteiger partial charge in [-0.2, -0.15) is 5.26 Å². The number of rotatable bonds is 4. The number of aliphatic hydroxyl groups is 1. The molecule has 1 N–H and O–H groups in total. The number of benzene rings is 1. The molecule has 0 aliphatic carbocycles. The van der Waals surface area contributed by atoms with E-state index in [9.17, 15) is 5.11 Å². The third kappa shape index (κ3) is 3.38. The normalized spacial score (nSPS) is 16.4. The van der Waals surface area contributed by atoms with Crippen LogP contribution in [0.5, 0.6) is 0 Å². The summed E-state index contributed by atoms with van der Waals surface area (Å²) >= 11 is 0. The van der Waals surface area contributed by atoms with Gasteiger partial charge in [0.2, 0.25) is 0 Å². The minimum Gasteiger partial charge on any atom is -0.392 e. The number of hydrogen-bond acceptors (Lipinski definition) is 2. The Morgan fingerprint density at radius 1 is 1.27 bits per heavy atom. The lowest BCUT2D eigenvalue weighted by atomic mass is 9.91. The van der Waals surface area contributed by atoms with E-state index in [2.05, 4.69) is 25.1 Å².